The van der Waals surface area contributed by atoms with Crippen molar-refractivity contribution in [3.8, 4) is 0 Å². The fourth-order valence-corrected chi connectivity index (χ4v) is 2.04. The molecule has 0 aliphatic carbocycles. The van der Waals surface area contributed by atoms with Crippen molar-refractivity contribution < 1.29 is 9.90 Å². The van der Waals surface area contributed by atoms with E-state index in [2.05, 4.69) is 0 Å². The number of halogens is 1. The zero-order valence-corrected chi connectivity index (χ0v) is 7.73. The van der Waals surface area contributed by atoms with Crippen molar-refractivity contribution in [2.45, 2.75) is 5.92 Å². The van der Waals surface area contributed by atoms with Gasteiger partial charge >= 0.3 is 5.97 Å². The van der Waals surface area contributed by atoms with E-state index in [1.54, 1.807) is 11.4 Å². The van der Waals surface area contributed by atoms with Crippen LogP contribution >= 0.6 is 22.9 Å². The van der Waals surface area contributed by atoms with Gasteiger partial charge in [0.15, 0.2) is 0 Å². The van der Waals surface area contributed by atoms with Gasteiger partial charge in [-0.3, -0.25) is 4.79 Å². The highest BCUT2D eigenvalue weighted by atomic mass is 35.5. The smallest absolute Gasteiger partial charge is 0.313 e. The molecule has 0 aliphatic rings. The molecule has 5 heteroatoms. The summed E-state index contributed by atoms with van der Waals surface area (Å²) in [5, 5.41) is 11.0. The van der Waals surface area contributed by atoms with Gasteiger partial charge in [0, 0.05) is 16.8 Å². The molecule has 0 aliphatic heterocycles. The number of thiophene rings is 1. The summed E-state index contributed by atoms with van der Waals surface area (Å²) in [6.45, 7) is 0.103. The second-order valence-corrected chi connectivity index (χ2v) is 3.67. The first-order chi connectivity index (χ1) is 5.65. The molecular weight excluding hydrogens is 198 g/mol. The number of hydrogen-bond acceptors (Lipinski definition) is 3. The number of carbonyl (C=O) groups is 1. The van der Waals surface area contributed by atoms with E-state index >= 15 is 0 Å². The van der Waals surface area contributed by atoms with Gasteiger partial charge in [-0.1, -0.05) is 11.6 Å². The Labute approximate surface area is 78.8 Å². The van der Waals surface area contributed by atoms with Crippen molar-refractivity contribution in [1.82, 2.24) is 0 Å². The van der Waals surface area contributed by atoms with Gasteiger partial charge in [0.1, 0.15) is 5.92 Å². The highest BCUT2D eigenvalue weighted by Crippen LogP contribution is 2.26. The summed E-state index contributed by atoms with van der Waals surface area (Å²) in [6.07, 6.45) is 0. The van der Waals surface area contributed by atoms with Crippen LogP contribution in [0.15, 0.2) is 11.4 Å². The van der Waals surface area contributed by atoms with E-state index in [-0.39, 0.29) is 6.54 Å². The van der Waals surface area contributed by atoms with Gasteiger partial charge in [-0.05, 0) is 6.07 Å². The van der Waals surface area contributed by atoms with Crippen LogP contribution in [0, 0.1) is 0 Å². The first kappa shape index (κ1) is 9.51. The predicted octanol–water partition coefficient (Wildman–Crippen LogP) is 1.53. The number of nitrogens with two attached hydrogens (primary N) is 1. The lowest BCUT2D eigenvalue weighted by Gasteiger charge is -2.05. The Hall–Kier alpha value is -0.580. The lowest BCUT2D eigenvalue weighted by Crippen LogP contribution is -2.19. The Morgan fingerprint density at radius 1 is 1.83 bits per heavy atom. The molecule has 12 heavy (non-hydrogen) atoms. The normalized spacial score (nSPS) is 12.8. The zero-order valence-electron chi connectivity index (χ0n) is 6.16. The Bertz CT molecular complexity index is 287. The minimum atomic E-state index is -0.906. The van der Waals surface area contributed by atoms with Crippen molar-refractivity contribution in [3.05, 3.63) is 21.3 Å². The first-order valence-electron chi connectivity index (χ1n) is 3.32. The van der Waals surface area contributed by atoms with Crippen molar-refractivity contribution >= 4 is 28.9 Å². The summed E-state index contributed by atoms with van der Waals surface area (Å²) < 4.78 is 0. The highest BCUT2D eigenvalue weighted by molar-refractivity contribution is 7.10. The van der Waals surface area contributed by atoms with Gasteiger partial charge in [0.05, 0.1) is 5.02 Å². The zero-order chi connectivity index (χ0) is 9.14. The lowest BCUT2D eigenvalue weighted by atomic mass is 10.1. The maximum atomic E-state index is 10.6. The van der Waals surface area contributed by atoms with Crippen LogP contribution in [-0.4, -0.2) is 17.6 Å². The fraction of sp³-hybridized carbons (Fsp3) is 0.286. The molecule has 0 saturated heterocycles. The third kappa shape index (κ3) is 1.97. The van der Waals surface area contributed by atoms with Crippen LogP contribution in [0.4, 0.5) is 0 Å². The average molecular weight is 206 g/mol. The Balaban J connectivity index is 2.87. The number of aliphatic carboxylic acids is 1. The van der Waals surface area contributed by atoms with E-state index < -0.39 is 11.9 Å². The van der Waals surface area contributed by atoms with Gasteiger partial charge in [-0.2, -0.15) is 0 Å². The molecule has 0 bridgehead atoms. The van der Waals surface area contributed by atoms with Crippen LogP contribution in [0.1, 0.15) is 10.8 Å². The van der Waals surface area contributed by atoms with Gasteiger partial charge in [0.25, 0.3) is 0 Å². The minimum absolute atomic E-state index is 0.103. The maximum absolute atomic E-state index is 10.6. The van der Waals surface area contributed by atoms with Crippen LogP contribution in [-0.2, 0) is 4.79 Å². The third-order valence-electron chi connectivity index (χ3n) is 1.46. The molecule has 3 nitrogen and oxygen atoms in total. The van der Waals surface area contributed by atoms with Gasteiger partial charge in [0.2, 0.25) is 0 Å². The van der Waals surface area contributed by atoms with E-state index in [0.29, 0.717) is 9.90 Å². The molecule has 0 spiro atoms. The summed E-state index contributed by atoms with van der Waals surface area (Å²) in [4.78, 5) is 11.3. The second-order valence-electron chi connectivity index (χ2n) is 2.29. The van der Waals surface area contributed by atoms with Crippen LogP contribution in [0.5, 0.6) is 0 Å². The highest BCUT2D eigenvalue weighted by Gasteiger charge is 2.19. The Kier molecular flexibility index (Phi) is 3.08. The van der Waals surface area contributed by atoms with Gasteiger partial charge < -0.3 is 10.8 Å². The third-order valence-corrected chi connectivity index (χ3v) is 2.86. The molecule has 66 valence electrons. The van der Waals surface area contributed by atoms with E-state index in [1.165, 1.54) is 11.3 Å². The molecule has 1 aromatic heterocycles. The standard InChI is InChI=1S/C7H8ClNO2S/c8-4-1-6(12-3-4)5(2-9)7(10)11/h1,3,5H,2,9H2,(H,10,11). The summed E-state index contributed by atoms with van der Waals surface area (Å²) in [6, 6.07) is 1.64. The monoisotopic (exact) mass is 205 g/mol. The molecule has 1 atom stereocenters. The quantitative estimate of drug-likeness (QED) is 0.787. The van der Waals surface area contributed by atoms with E-state index in [9.17, 15) is 4.79 Å². The van der Waals surface area contributed by atoms with Crippen LogP contribution in [0.3, 0.4) is 0 Å². The van der Waals surface area contributed by atoms with Gasteiger partial charge in [-0.25, -0.2) is 0 Å². The number of hydrogen-bond donors (Lipinski definition) is 2. The van der Waals surface area contributed by atoms with Crippen molar-refractivity contribution in [2.24, 2.45) is 5.73 Å². The van der Waals surface area contributed by atoms with Crippen LogP contribution in [0.2, 0.25) is 5.02 Å². The molecule has 1 rings (SSSR count). The SMILES string of the molecule is NCC(C(=O)O)c1cc(Cl)cs1. The molecular formula is C7H8ClNO2S. The molecule has 0 fully saturated rings. The number of rotatable bonds is 3. The lowest BCUT2D eigenvalue weighted by molar-refractivity contribution is -0.138. The van der Waals surface area contributed by atoms with Crippen molar-refractivity contribution in [1.29, 1.82) is 0 Å². The van der Waals surface area contributed by atoms with E-state index in [1.807, 2.05) is 0 Å². The van der Waals surface area contributed by atoms with E-state index in [4.69, 9.17) is 22.4 Å². The van der Waals surface area contributed by atoms with Gasteiger partial charge in [-0.15, -0.1) is 11.3 Å². The molecule has 1 aromatic rings. The Morgan fingerprint density at radius 3 is 2.83 bits per heavy atom. The molecule has 0 amide bonds. The molecule has 3 N–H and O–H groups in total. The summed E-state index contributed by atoms with van der Waals surface area (Å²) in [5.74, 6) is -1.53. The predicted molar refractivity (Wildman–Crippen MR) is 48.8 cm³/mol. The average Bonchev–Trinajstić information content (AvgIpc) is 2.37. The topological polar surface area (TPSA) is 63.3 Å². The largest absolute Gasteiger partial charge is 0.481 e. The Morgan fingerprint density at radius 2 is 2.50 bits per heavy atom. The van der Waals surface area contributed by atoms with Crippen molar-refractivity contribution in [2.75, 3.05) is 6.54 Å². The van der Waals surface area contributed by atoms with Crippen LogP contribution in [0.25, 0.3) is 0 Å². The molecule has 0 aromatic carbocycles. The minimum Gasteiger partial charge on any atom is -0.481 e. The van der Waals surface area contributed by atoms with E-state index in [0.717, 1.165) is 0 Å². The molecule has 0 radical (unpaired) electrons. The summed E-state index contributed by atoms with van der Waals surface area (Å²) in [5.41, 5.74) is 5.30. The first-order valence-corrected chi connectivity index (χ1v) is 4.57. The van der Waals surface area contributed by atoms with Crippen LogP contribution < -0.4 is 5.73 Å². The number of carboxylic acid groups (broad SMARTS) is 1. The summed E-state index contributed by atoms with van der Waals surface area (Å²) in [7, 11) is 0. The molecule has 1 heterocycles. The molecule has 0 saturated carbocycles. The maximum Gasteiger partial charge on any atom is 0.313 e. The number of carboxylic acids is 1. The second kappa shape index (κ2) is 3.89. The fourth-order valence-electron chi connectivity index (χ4n) is 0.850. The van der Waals surface area contributed by atoms with Crippen molar-refractivity contribution in [3.63, 3.8) is 0 Å². The molecule has 1 unspecified atom stereocenters. The summed E-state index contributed by atoms with van der Waals surface area (Å²) >= 11 is 6.96.